The van der Waals surface area contributed by atoms with Crippen LogP contribution in [0.1, 0.15) is 32.8 Å². The number of benzene rings is 1. The molecule has 0 radical (unpaired) electrons. The molecule has 1 aromatic heterocycles. The summed E-state index contributed by atoms with van der Waals surface area (Å²) in [6.45, 7) is 9.10. The number of amides is 1. The van der Waals surface area contributed by atoms with Gasteiger partial charge in [0.2, 0.25) is 5.88 Å². The predicted octanol–water partition coefficient (Wildman–Crippen LogP) is 3.72. The molecule has 1 saturated heterocycles. The van der Waals surface area contributed by atoms with Crippen molar-refractivity contribution in [3.8, 4) is 5.88 Å². The fourth-order valence-corrected chi connectivity index (χ4v) is 3.18. The fourth-order valence-electron chi connectivity index (χ4n) is 3.18. The first-order chi connectivity index (χ1) is 13.2. The van der Waals surface area contributed by atoms with Gasteiger partial charge in [0.05, 0.1) is 6.54 Å². The van der Waals surface area contributed by atoms with E-state index < -0.39 is 29.8 Å². The third-order valence-electron chi connectivity index (χ3n) is 4.44. The number of carboxylic acid groups (broad SMARTS) is 1. The average Bonchev–Trinajstić information content (AvgIpc) is 3.05. The number of nitrogens with zero attached hydrogens (tertiary/aromatic N) is 2. The summed E-state index contributed by atoms with van der Waals surface area (Å²) in [5, 5.41) is 11.3. The lowest BCUT2D eigenvalue weighted by atomic mass is 10.1. The molecule has 28 heavy (non-hydrogen) atoms. The Morgan fingerprint density at radius 2 is 2.07 bits per heavy atom. The number of rotatable bonds is 4. The summed E-state index contributed by atoms with van der Waals surface area (Å²) >= 11 is 0. The smallest absolute Gasteiger partial charge is 0.411 e. The number of hydrogen-bond acceptors (Lipinski definition) is 5. The number of carbonyl (C=O) groups is 2. The molecule has 0 aliphatic carbocycles. The van der Waals surface area contributed by atoms with Crippen LogP contribution in [0.5, 0.6) is 5.88 Å². The number of likely N-dealkylation sites (tertiary alicyclic amines) is 1. The van der Waals surface area contributed by atoms with E-state index in [1.54, 1.807) is 33.0 Å². The van der Waals surface area contributed by atoms with Gasteiger partial charge in [-0.15, -0.1) is 0 Å². The maximum absolute atomic E-state index is 12.4. The molecule has 1 aliphatic heterocycles. The number of carbonyl (C=O) groups excluding carboxylic acids is 1. The van der Waals surface area contributed by atoms with E-state index in [-0.39, 0.29) is 13.0 Å². The molecule has 1 aliphatic rings. The van der Waals surface area contributed by atoms with Crippen molar-refractivity contribution in [1.29, 1.82) is 0 Å². The Bertz CT molecular complexity index is 919. The minimum atomic E-state index is -1.09. The van der Waals surface area contributed by atoms with Gasteiger partial charge in [0, 0.05) is 18.0 Å². The van der Waals surface area contributed by atoms with Crippen LogP contribution in [0.4, 0.5) is 4.79 Å². The van der Waals surface area contributed by atoms with Crippen molar-refractivity contribution < 1.29 is 24.2 Å². The lowest BCUT2D eigenvalue weighted by Crippen LogP contribution is -2.43. The molecule has 1 aromatic carbocycles. The first-order valence-electron chi connectivity index (χ1n) is 9.08. The summed E-state index contributed by atoms with van der Waals surface area (Å²) in [7, 11) is 0. The molecule has 1 fully saturated rings. The summed E-state index contributed by atoms with van der Waals surface area (Å²) in [5.74, 6) is -0.682. The lowest BCUT2D eigenvalue weighted by Gasteiger charge is -2.26. The predicted molar refractivity (Wildman–Crippen MR) is 105 cm³/mol. The van der Waals surface area contributed by atoms with Gasteiger partial charge in [-0.1, -0.05) is 24.8 Å². The van der Waals surface area contributed by atoms with Crippen LogP contribution in [0, 0.1) is 0 Å². The number of aromatic nitrogens is 1. The number of hydrogen-bond donors (Lipinski definition) is 1. The van der Waals surface area contributed by atoms with Gasteiger partial charge in [-0.05, 0) is 43.9 Å². The second-order valence-electron chi connectivity index (χ2n) is 7.76. The number of fused-ring (bicyclic) bond motifs is 1. The minimum absolute atomic E-state index is 0.116. The second-order valence-corrected chi connectivity index (χ2v) is 7.76. The van der Waals surface area contributed by atoms with Gasteiger partial charge in [0.1, 0.15) is 17.7 Å². The van der Waals surface area contributed by atoms with E-state index in [1.165, 1.54) is 4.90 Å². The lowest BCUT2D eigenvalue weighted by molar-refractivity contribution is -0.142. The normalized spacial score (nSPS) is 19.5. The summed E-state index contributed by atoms with van der Waals surface area (Å²) in [5.41, 5.74) is 0.215. The van der Waals surface area contributed by atoms with Gasteiger partial charge in [0.15, 0.2) is 0 Å². The molecule has 3 rings (SSSR count). The number of carboxylic acids is 1. The van der Waals surface area contributed by atoms with Gasteiger partial charge >= 0.3 is 12.1 Å². The quantitative estimate of drug-likeness (QED) is 0.864. The van der Waals surface area contributed by atoms with Crippen molar-refractivity contribution in [3.05, 3.63) is 42.6 Å². The van der Waals surface area contributed by atoms with E-state index in [1.807, 2.05) is 24.3 Å². The fraction of sp³-hybridized carbons (Fsp3) is 0.381. The van der Waals surface area contributed by atoms with E-state index in [0.29, 0.717) is 5.88 Å². The van der Waals surface area contributed by atoms with Crippen LogP contribution in [0.25, 0.3) is 16.8 Å². The highest BCUT2D eigenvalue weighted by atomic mass is 16.6. The molecule has 0 saturated carbocycles. The van der Waals surface area contributed by atoms with Gasteiger partial charge in [-0.25, -0.2) is 14.6 Å². The summed E-state index contributed by atoms with van der Waals surface area (Å²) in [6, 6.07) is 6.68. The Kier molecular flexibility index (Phi) is 5.27. The zero-order valence-corrected chi connectivity index (χ0v) is 16.2. The molecule has 7 nitrogen and oxygen atoms in total. The van der Waals surface area contributed by atoms with Gasteiger partial charge < -0.3 is 14.6 Å². The van der Waals surface area contributed by atoms with Crippen molar-refractivity contribution in [2.24, 2.45) is 0 Å². The molecular weight excluding hydrogens is 360 g/mol. The van der Waals surface area contributed by atoms with Gasteiger partial charge in [0.25, 0.3) is 0 Å². The highest BCUT2D eigenvalue weighted by Crippen LogP contribution is 2.29. The molecule has 0 bridgehead atoms. The van der Waals surface area contributed by atoms with Crippen LogP contribution in [0.15, 0.2) is 37.0 Å². The first kappa shape index (κ1) is 19.7. The van der Waals surface area contributed by atoms with Crippen LogP contribution in [-0.4, -0.2) is 51.3 Å². The maximum atomic E-state index is 12.4. The molecule has 2 aromatic rings. The van der Waals surface area contributed by atoms with E-state index in [9.17, 15) is 14.7 Å². The van der Waals surface area contributed by atoms with Crippen LogP contribution >= 0.6 is 0 Å². The monoisotopic (exact) mass is 384 g/mol. The third-order valence-corrected chi connectivity index (χ3v) is 4.44. The molecular formula is C21H24N2O5. The van der Waals surface area contributed by atoms with Crippen LogP contribution < -0.4 is 4.74 Å². The summed E-state index contributed by atoms with van der Waals surface area (Å²) < 4.78 is 11.4. The summed E-state index contributed by atoms with van der Waals surface area (Å²) in [6.07, 6.45) is 2.37. The molecule has 0 spiro atoms. The average molecular weight is 384 g/mol. The van der Waals surface area contributed by atoms with Crippen LogP contribution in [0.2, 0.25) is 0 Å². The van der Waals surface area contributed by atoms with Crippen molar-refractivity contribution in [1.82, 2.24) is 9.88 Å². The van der Waals surface area contributed by atoms with Gasteiger partial charge in [-0.3, -0.25) is 4.90 Å². The van der Waals surface area contributed by atoms with Gasteiger partial charge in [-0.2, -0.15) is 0 Å². The van der Waals surface area contributed by atoms with Crippen molar-refractivity contribution in [2.45, 2.75) is 44.9 Å². The zero-order valence-electron chi connectivity index (χ0n) is 16.2. The Morgan fingerprint density at radius 3 is 2.71 bits per heavy atom. The minimum Gasteiger partial charge on any atom is -0.480 e. The molecule has 2 atom stereocenters. The van der Waals surface area contributed by atoms with E-state index in [4.69, 9.17) is 9.47 Å². The topological polar surface area (TPSA) is 89.0 Å². The Labute approximate surface area is 163 Å². The van der Waals surface area contributed by atoms with Crippen LogP contribution in [0.3, 0.4) is 0 Å². The molecule has 148 valence electrons. The number of ether oxygens (including phenoxy) is 2. The SMILES string of the molecule is C=Cc1ccc2ccnc(OC3CC(C(=O)O)N(C(=O)OC(C)(C)C)C3)c2c1. The molecule has 1 N–H and O–H groups in total. The van der Waals surface area contributed by atoms with Crippen molar-refractivity contribution in [2.75, 3.05) is 6.54 Å². The maximum Gasteiger partial charge on any atom is 0.411 e. The Hall–Kier alpha value is -3.09. The zero-order chi connectivity index (χ0) is 20.5. The van der Waals surface area contributed by atoms with E-state index >= 15 is 0 Å². The third kappa shape index (κ3) is 4.24. The second kappa shape index (κ2) is 7.50. The first-order valence-corrected chi connectivity index (χ1v) is 9.08. The van der Waals surface area contributed by atoms with E-state index in [2.05, 4.69) is 11.6 Å². The number of pyridine rings is 1. The largest absolute Gasteiger partial charge is 0.480 e. The van der Waals surface area contributed by atoms with Crippen LogP contribution in [-0.2, 0) is 9.53 Å². The van der Waals surface area contributed by atoms with Crippen molar-refractivity contribution in [3.63, 3.8) is 0 Å². The molecule has 1 amide bonds. The standard InChI is InChI=1S/C21H24N2O5/c1-5-13-6-7-14-8-9-22-18(16(14)10-13)27-15-11-17(19(24)25)23(12-15)20(26)28-21(2,3)4/h5-10,15,17H,1,11-12H2,2-4H3,(H,24,25). The van der Waals surface area contributed by atoms with Crippen molar-refractivity contribution >= 4 is 28.9 Å². The Balaban J connectivity index is 1.83. The number of aliphatic carboxylic acids is 1. The Morgan fingerprint density at radius 1 is 1.32 bits per heavy atom. The molecule has 2 heterocycles. The summed E-state index contributed by atoms with van der Waals surface area (Å²) in [4.78, 5) is 29.6. The highest BCUT2D eigenvalue weighted by molar-refractivity contribution is 5.88. The molecule has 7 heteroatoms. The highest BCUT2D eigenvalue weighted by Gasteiger charge is 2.42. The van der Waals surface area contributed by atoms with E-state index in [0.717, 1.165) is 16.3 Å². The molecule has 2 unspecified atom stereocenters.